The summed E-state index contributed by atoms with van der Waals surface area (Å²) in [7, 11) is -3.11. The highest BCUT2D eigenvalue weighted by atomic mass is 32.2. The SMILES string of the molecule is CC(CS(C)(=O)=O)c1ccccc1C(=O)O. The molecule has 5 heteroatoms. The van der Waals surface area contributed by atoms with Crippen LogP contribution in [0.15, 0.2) is 24.3 Å². The minimum absolute atomic E-state index is 0.0444. The van der Waals surface area contributed by atoms with Gasteiger partial charge in [0.2, 0.25) is 0 Å². The topological polar surface area (TPSA) is 71.4 Å². The molecule has 0 aliphatic rings. The first-order chi connectivity index (χ1) is 7.31. The van der Waals surface area contributed by atoms with Gasteiger partial charge in [-0.3, -0.25) is 0 Å². The maximum atomic E-state index is 11.1. The summed E-state index contributed by atoms with van der Waals surface area (Å²) >= 11 is 0. The fraction of sp³-hybridized carbons (Fsp3) is 0.364. The van der Waals surface area contributed by atoms with Gasteiger partial charge in [0, 0.05) is 6.26 Å². The molecule has 1 atom stereocenters. The molecule has 1 unspecified atom stereocenters. The van der Waals surface area contributed by atoms with Gasteiger partial charge in [-0.15, -0.1) is 0 Å². The Morgan fingerprint density at radius 1 is 1.38 bits per heavy atom. The Morgan fingerprint density at radius 2 is 1.94 bits per heavy atom. The second-order valence-corrected chi connectivity index (χ2v) is 6.07. The van der Waals surface area contributed by atoms with Gasteiger partial charge in [-0.05, 0) is 17.5 Å². The lowest BCUT2D eigenvalue weighted by Crippen LogP contribution is -2.13. The molecular formula is C11H14O4S. The molecule has 0 heterocycles. The quantitative estimate of drug-likeness (QED) is 0.869. The summed E-state index contributed by atoms with van der Waals surface area (Å²) in [6.45, 7) is 1.71. The summed E-state index contributed by atoms with van der Waals surface area (Å²) in [5.41, 5.74) is 0.721. The van der Waals surface area contributed by atoms with Crippen LogP contribution in [0.25, 0.3) is 0 Å². The smallest absolute Gasteiger partial charge is 0.335 e. The lowest BCUT2D eigenvalue weighted by molar-refractivity contribution is 0.0695. The molecule has 0 aliphatic carbocycles. The second-order valence-electron chi connectivity index (χ2n) is 3.89. The third kappa shape index (κ3) is 3.34. The molecule has 0 fully saturated rings. The zero-order chi connectivity index (χ0) is 12.3. The van der Waals surface area contributed by atoms with Crippen molar-refractivity contribution < 1.29 is 18.3 Å². The number of carbonyl (C=O) groups is 1. The van der Waals surface area contributed by atoms with Gasteiger partial charge in [-0.25, -0.2) is 13.2 Å². The number of rotatable bonds is 4. The number of carboxylic acids is 1. The Labute approximate surface area is 94.8 Å². The van der Waals surface area contributed by atoms with E-state index >= 15 is 0 Å². The van der Waals surface area contributed by atoms with Crippen molar-refractivity contribution in [3.8, 4) is 0 Å². The number of benzene rings is 1. The van der Waals surface area contributed by atoms with Crippen molar-refractivity contribution in [2.75, 3.05) is 12.0 Å². The van der Waals surface area contributed by atoms with Crippen molar-refractivity contribution in [1.29, 1.82) is 0 Å². The van der Waals surface area contributed by atoms with Gasteiger partial charge in [-0.1, -0.05) is 25.1 Å². The molecule has 1 N–H and O–H groups in total. The van der Waals surface area contributed by atoms with Crippen LogP contribution in [0.3, 0.4) is 0 Å². The van der Waals surface area contributed by atoms with E-state index in [9.17, 15) is 13.2 Å². The second kappa shape index (κ2) is 4.65. The fourth-order valence-corrected chi connectivity index (χ4v) is 2.75. The van der Waals surface area contributed by atoms with Crippen LogP contribution in [0.5, 0.6) is 0 Å². The van der Waals surface area contributed by atoms with E-state index in [0.29, 0.717) is 5.56 Å². The molecule has 4 nitrogen and oxygen atoms in total. The van der Waals surface area contributed by atoms with Crippen LogP contribution in [-0.2, 0) is 9.84 Å². The molecule has 0 bridgehead atoms. The normalized spacial score (nSPS) is 13.4. The molecule has 1 aromatic rings. The third-order valence-electron chi connectivity index (χ3n) is 2.27. The van der Waals surface area contributed by atoms with Crippen LogP contribution in [0.1, 0.15) is 28.8 Å². The summed E-state index contributed by atoms with van der Waals surface area (Å²) in [5.74, 6) is -1.39. The highest BCUT2D eigenvalue weighted by Gasteiger charge is 2.18. The van der Waals surface area contributed by atoms with E-state index < -0.39 is 15.8 Å². The van der Waals surface area contributed by atoms with Crippen LogP contribution in [-0.4, -0.2) is 31.5 Å². The van der Waals surface area contributed by atoms with Gasteiger partial charge < -0.3 is 5.11 Å². The third-order valence-corrected chi connectivity index (χ3v) is 3.38. The van der Waals surface area contributed by atoms with Crippen LogP contribution in [0.4, 0.5) is 0 Å². The monoisotopic (exact) mass is 242 g/mol. The Bertz CT molecular complexity index is 490. The van der Waals surface area contributed by atoms with Crippen molar-refractivity contribution >= 4 is 15.8 Å². The van der Waals surface area contributed by atoms with Crippen LogP contribution in [0, 0.1) is 0 Å². The Kier molecular flexibility index (Phi) is 3.70. The first kappa shape index (κ1) is 12.7. The van der Waals surface area contributed by atoms with Gasteiger partial charge in [0.15, 0.2) is 0 Å². The summed E-state index contributed by atoms with van der Waals surface area (Å²) in [5, 5.41) is 8.96. The maximum absolute atomic E-state index is 11.1. The lowest BCUT2D eigenvalue weighted by atomic mass is 9.97. The first-order valence-corrected chi connectivity index (χ1v) is 6.87. The van der Waals surface area contributed by atoms with Crippen LogP contribution < -0.4 is 0 Å². The Hall–Kier alpha value is -1.36. The maximum Gasteiger partial charge on any atom is 0.335 e. The van der Waals surface area contributed by atoms with E-state index in [0.717, 1.165) is 6.26 Å². The largest absolute Gasteiger partial charge is 0.478 e. The number of carboxylic acid groups (broad SMARTS) is 1. The molecule has 1 aromatic carbocycles. The van der Waals surface area contributed by atoms with E-state index in [4.69, 9.17) is 5.11 Å². The average Bonchev–Trinajstić information content (AvgIpc) is 2.15. The predicted molar refractivity (Wildman–Crippen MR) is 61.5 cm³/mol. The van der Waals surface area contributed by atoms with Gasteiger partial charge in [-0.2, -0.15) is 0 Å². The molecule has 1 rings (SSSR count). The molecule has 0 saturated carbocycles. The van der Waals surface area contributed by atoms with Crippen molar-refractivity contribution in [3.63, 3.8) is 0 Å². The fourth-order valence-electron chi connectivity index (χ4n) is 1.67. The molecule has 0 spiro atoms. The van der Waals surface area contributed by atoms with Crippen LogP contribution in [0.2, 0.25) is 0 Å². The van der Waals surface area contributed by atoms with Crippen molar-refractivity contribution in [1.82, 2.24) is 0 Å². The zero-order valence-electron chi connectivity index (χ0n) is 9.17. The van der Waals surface area contributed by atoms with Crippen molar-refractivity contribution in [2.45, 2.75) is 12.8 Å². The molecule has 0 aromatic heterocycles. The van der Waals surface area contributed by atoms with Crippen LogP contribution >= 0.6 is 0 Å². The van der Waals surface area contributed by atoms with E-state index in [1.54, 1.807) is 25.1 Å². The predicted octanol–water partition coefficient (Wildman–Crippen LogP) is 1.53. The molecule has 16 heavy (non-hydrogen) atoms. The average molecular weight is 242 g/mol. The summed E-state index contributed by atoms with van der Waals surface area (Å²) in [4.78, 5) is 10.9. The first-order valence-electron chi connectivity index (χ1n) is 4.81. The molecule has 0 aliphatic heterocycles. The minimum atomic E-state index is -3.11. The standard InChI is InChI=1S/C11H14O4S/c1-8(7-16(2,14)15)9-5-3-4-6-10(9)11(12)13/h3-6,8H,7H2,1-2H3,(H,12,13). The molecule has 0 radical (unpaired) electrons. The van der Waals surface area contributed by atoms with Gasteiger partial charge in [0.05, 0.1) is 11.3 Å². The van der Waals surface area contributed by atoms with E-state index in [1.165, 1.54) is 6.07 Å². The van der Waals surface area contributed by atoms with Gasteiger partial charge >= 0.3 is 5.97 Å². The van der Waals surface area contributed by atoms with Crippen molar-refractivity contribution in [3.05, 3.63) is 35.4 Å². The summed E-state index contributed by atoms with van der Waals surface area (Å²) < 4.78 is 22.3. The number of sulfone groups is 1. The Balaban J connectivity index is 3.08. The van der Waals surface area contributed by atoms with Crippen molar-refractivity contribution in [2.24, 2.45) is 0 Å². The number of hydrogen-bond acceptors (Lipinski definition) is 3. The number of aromatic carboxylic acids is 1. The highest BCUT2D eigenvalue weighted by Crippen LogP contribution is 2.21. The zero-order valence-corrected chi connectivity index (χ0v) is 9.99. The Morgan fingerprint density at radius 3 is 2.44 bits per heavy atom. The van der Waals surface area contributed by atoms with Gasteiger partial charge in [0.25, 0.3) is 0 Å². The molecule has 0 saturated heterocycles. The highest BCUT2D eigenvalue weighted by molar-refractivity contribution is 7.90. The number of hydrogen-bond donors (Lipinski definition) is 1. The summed E-state index contributed by atoms with van der Waals surface area (Å²) in [6, 6.07) is 6.47. The molecular weight excluding hydrogens is 228 g/mol. The molecule has 0 amide bonds. The van der Waals surface area contributed by atoms with E-state index in [-0.39, 0.29) is 17.2 Å². The van der Waals surface area contributed by atoms with E-state index in [1.807, 2.05) is 0 Å². The van der Waals surface area contributed by atoms with Gasteiger partial charge in [0.1, 0.15) is 9.84 Å². The molecule has 88 valence electrons. The lowest BCUT2D eigenvalue weighted by Gasteiger charge is -2.13. The van der Waals surface area contributed by atoms with E-state index in [2.05, 4.69) is 0 Å². The summed E-state index contributed by atoms with van der Waals surface area (Å²) in [6.07, 6.45) is 1.15. The minimum Gasteiger partial charge on any atom is -0.478 e.